The first-order chi connectivity index (χ1) is 14.4. The molecule has 2 nitrogen and oxygen atoms in total. The van der Waals surface area contributed by atoms with Crippen molar-refractivity contribution in [1.82, 2.24) is 0 Å². The van der Waals surface area contributed by atoms with Crippen LogP contribution in [-0.2, 0) is 18.5 Å². The van der Waals surface area contributed by atoms with Gasteiger partial charge in [0.15, 0.2) is 10.7 Å². The number of hydrogen-bond donors (Lipinski definition) is 1. The molecule has 9 heteroatoms. The number of anilines is 1. The van der Waals surface area contributed by atoms with Crippen LogP contribution < -0.4 is 5.32 Å². The van der Waals surface area contributed by atoms with Crippen molar-refractivity contribution >= 4 is 103 Å². The maximum absolute atomic E-state index is 13.1. The summed E-state index contributed by atoms with van der Waals surface area (Å²) >= 11 is 36.2. The van der Waals surface area contributed by atoms with Gasteiger partial charge in [0.2, 0.25) is 12.6 Å². The van der Waals surface area contributed by atoms with E-state index < -0.39 is 7.59 Å². The minimum atomic E-state index is -1.77. The average Bonchev–Trinajstić information content (AvgIpc) is 3.02. The van der Waals surface area contributed by atoms with E-state index in [-0.39, 0.29) is 33.4 Å². The fraction of sp³-hybridized carbons (Fsp3) is 0.136. The Hall–Kier alpha value is -0.780. The molecule has 1 atom stereocenters. The number of ketones is 1. The van der Waals surface area contributed by atoms with Crippen LogP contribution in [-0.4, -0.2) is 12.0 Å². The van der Waals surface area contributed by atoms with Crippen LogP contribution in [0.1, 0.15) is 21.5 Å². The van der Waals surface area contributed by atoms with Crippen molar-refractivity contribution in [1.29, 1.82) is 0 Å². The van der Waals surface area contributed by atoms with Crippen molar-refractivity contribution in [2.24, 2.45) is 0 Å². The Morgan fingerprint density at radius 3 is 2.13 bits per heavy atom. The highest BCUT2D eigenvalue weighted by molar-refractivity contribution is 8.00. The summed E-state index contributed by atoms with van der Waals surface area (Å²) in [4.78, 5) is 14.3. The number of rotatable bonds is 2. The third kappa shape index (κ3) is 4.79. The molecule has 0 spiro atoms. The first-order valence-corrected chi connectivity index (χ1v) is 12.9. The zero-order chi connectivity index (χ0) is 22.6. The second kappa shape index (κ2) is 8.53. The smallest absolute Gasteiger partial charge is 0.234 e. The molecule has 0 aromatic heterocycles. The van der Waals surface area contributed by atoms with Crippen LogP contribution in [0.15, 0.2) is 70.6 Å². The SMILES string of the molecule is C[S+]1C(=CC(=O)c2cc(C(Cl)(Cl)Cl)cc(C(Cl)(Cl)Cl)c2)Nc2c1ccc1ccccc21. The summed E-state index contributed by atoms with van der Waals surface area (Å²) < 4.78 is -3.55. The molecule has 1 aliphatic rings. The summed E-state index contributed by atoms with van der Waals surface area (Å²) in [6, 6.07) is 16.7. The molecule has 1 N–H and O–H groups in total. The third-order valence-electron chi connectivity index (χ3n) is 4.93. The van der Waals surface area contributed by atoms with Gasteiger partial charge in [0.25, 0.3) is 0 Å². The van der Waals surface area contributed by atoms with Crippen LogP contribution in [0.25, 0.3) is 10.8 Å². The topological polar surface area (TPSA) is 29.1 Å². The summed E-state index contributed by atoms with van der Waals surface area (Å²) in [5.41, 5.74) is 1.76. The molecule has 160 valence electrons. The van der Waals surface area contributed by atoms with Gasteiger partial charge in [-0.2, -0.15) is 0 Å². The molecule has 31 heavy (non-hydrogen) atoms. The zero-order valence-corrected chi connectivity index (χ0v) is 21.2. The molecule has 3 aromatic rings. The molecular formula is C22H14Cl6NOS+. The van der Waals surface area contributed by atoms with Crippen LogP contribution in [0, 0.1) is 0 Å². The van der Waals surface area contributed by atoms with E-state index in [0.717, 1.165) is 26.4 Å². The summed E-state index contributed by atoms with van der Waals surface area (Å²) in [7, 11) is -0.308. The normalized spacial score (nSPS) is 17.6. The number of halogens is 6. The van der Waals surface area contributed by atoms with Gasteiger partial charge in [0.1, 0.15) is 11.9 Å². The molecule has 0 aliphatic carbocycles. The molecule has 1 heterocycles. The minimum absolute atomic E-state index is 0.243. The van der Waals surface area contributed by atoms with Crippen LogP contribution in [0.3, 0.4) is 0 Å². The first kappa shape index (κ1) is 23.4. The molecule has 1 aliphatic heterocycles. The monoisotopic (exact) mass is 550 g/mol. The quantitative estimate of drug-likeness (QED) is 0.150. The van der Waals surface area contributed by atoms with E-state index in [4.69, 9.17) is 69.6 Å². The summed E-state index contributed by atoms with van der Waals surface area (Å²) in [6.45, 7) is 0. The fourth-order valence-corrected chi connectivity index (χ4v) is 5.55. The lowest BCUT2D eigenvalue weighted by Gasteiger charge is -2.18. The number of alkyl halides is 6. The van der Waals surface area contributed by atoms with Crippen molar-refractivity contribution in [2.45, 2.75) is 12.5 Å². The van der Waals surface area contributed by atoms with Gasteiger partial charge in [-0.05, 0) is 35.7 Å². The second-order valence-corrected chi connectivity index (χ2v) is 13.4. The number of benzene rings is 3. The van der Waals surface area contributed by atoms with Gasteiger partial charge in [-0.1, -0.05) is 93.9 Å². The lowest BCUT2D eigenvalue weighted by molar-refractivity contribution is 0.104. The predicted octanol–water partition coefficient (Wildman–Crippen LogP) is 8.25. The van der Waals surface area contributed by atoms with Gasteiger partial charge in [-0.15, -0.1) is 0 Å². The van der Waals surface area contributed by atoms with Crippen molar-refractivity contribution in [3.05, 3.63) is 82.4 Å². The van der Waals surface area contributed by atoms with E-state index >= 15 is 0 Å². The Balaban J connectivity index is 1.74. The highest BCUT2D eigenvalue weighted by Gasteiger charge is 2.36. The highest BCUT2D eigenvalue weighted by Crippen LogP contribution is 2.44. The minimum Gasteiger partial charge on any atom is -0.311 e. The molecule has 0 fully saturated rings. The van der Waals surface area contributed by atoms with Crippen LogP contribution in [0.2, 0.25) is 0 Å². The Bertz CT molecular complexity index is 1200. The molecule has 0 bridgehead atoms. The molecule has 4 rings (SSSR count). The summed E-state index contributed by atoms with van der Waals surface area (Å²) in [6.07, 6.45) is 3.62. The zero-order valence-electron chi connectivity index (χ0n) is 15.9. The maximum atomic E-state index is 13.1. The summed E-state index contributed by atoms with van der Waals surface area (Å²) in [5, 5.41) is 6.44. The van der Waals surface area contributed by atoms with Crippen LogP contribution >= 0.6 is 69.6 Å². The van der Waals surface area contributed by atoms with E-state index in [0.29, 0.717) is 0 Å². The second-order valence-electron chi connectivity index (χ2n) is 6.96. The van der Waals surface area contributed by atoms with Gasteiger partial charge < -0.3 is 5.32 Å². The molecule has 0 saturated heterocycles. The Kier molecular flexibility index (Phi) is 6.44. The van der Waals surface area contributed by atoms with E-state index in [1.807, 2.05) is 12.1 Å². The van der Waals surface area contributed by atoms with Crippen molar-refractivity contribution < 1.29 is 4.79 Å². The lowest BCUT2D eigenvalue weighted by Crippen LogP contribution is -2.11. The van der Waals surface area contributed by atoms with Crippen molar-refractivity contribution in [3.63, 3.8) is 0 Å². The largest absolute Gasteiger partial charge is 0.311 e. The Morgan fingerprint density at radius 1 is 0.903 bits per heavy atom. The van der Waals surface area contributed by atoms with Crippen molar-refractivity contribution in [2.75, 3.05) is 11.6 Å². The van der Waals surface area contributed by atoms with Crippen LogP contribution in [0.5, 0.6) is 0 Å². The fourth-order valence-electron chi connectivity index (χ4n) is 3.38. The predicted molar refractivity (Wildman–Crippen MR) is 136 cm³/mol. The maximum Gasteiger partial charge on any atom is 0.234 e. The number of hydrogen-bond acceptors (Lipinski definition) is 2. The van der Waals surface area contributed by atoms with E-state index in [1.165, 1.54) is 18.2 Å². The van der Waals surface area contributed by atoms with Gasteiger partial charge in [0.05, 0.1) is 17.0 Å². The molecule has 0 amide bonds. The molecule has 1 unspecified atom stereocenters. The molecular weight excluding hydrogens is 539 g/mol. The van der Waals surface area contributed by atoms with Gasteiger partial charge in [-0.3, -0.25) is 4.79 Å². The number of carbonyl (C=O) groups excluding carboxylic acids is 1. The number of fused-ring (bicyclic) bond motifs is 3. The Labute approximate surface area is 212 Å². The number of allylic oxidation sites excluding steroid dienone is 1. The van der Waals surface area contributed by atoms with E-state index in [9.17, 15) is 4.79 Å². The first-order valence-electron chi connectivity index (χ1n) is 8.95. The number of carbonyl (C=O) groups is 1. The summed E-state index contributed by atoms with van der Waals surface area (Å²) in [5.74, 6) is -0.287. The van der Waals surface area contributed by atoms with Gasteiger partial charge in [0, 0.05) is 22.1 Å². The van der Waals surface area contributed by atoms with E-state index in [2.05, 4.69) is 35.8 Å². The van der Waals surface area contributed by atoms with Crippen LogP contribution in [0.4, 0.5) is 5.69 Å². The standard InChI is InChI=1S/C22H13Cl6NOS/c1-31-18-7-6-12-4-2-3-5-16(12)20(18)29-19(31)11-17(30)13-8-14(21(23,24)25)10-15(9-13)22(26,27)28/h2-11H,1H3/p+1. The number of nitrogens with one attached hydrogen (secondary N) is 1. The molecule has 0 saturated carbocycles. The third-order valence-corrected chi connectivity index (χ3v) is 8.12. The van der Waals surface area contributed by atoms with E-state index in [1.54, 1.807) is 6.08 Å². The van der Waals surface area contributed by atoms with Gasteiger partial charge in [-0.25, -0.2) is 0 Å². The Morgan fingerprint density at radius 2 is 1.52 bits per heavy atom. The average molecular weight is 553 g/mol. The molecule has 0 radical (unpaired) electrons. The lowest BCUT2D eigenvalue weighted by atomic mass is 10.0. The highest BCUT2D eigenvalue weighted by atomic mass is 35.6. The van der Waals surface area contributed by atoms with Crippen molar-refractivity contribution in [3.8, 4) is 0 Å². The molecule has 3 aromatic carbocycles. The van der Waals surface area contributed by atoms with Gasteiger partial charge >= 0.3 is 0 Å².